The number of imidazole rings is 1. The van der Waals surface area contributed by atoms with E-state index in [0.717, 1.165) is 25.4 Å². The van der Waals surface area contributed by atoms with Gasteiger partial charge in [-0.2, -0.15) is 10.4 Å². The Morgan fingerprint density at radius 3 is 2.59 bits per heavy atom. The minimum absolute atomic E-state index is 0.101. The van der Waals surface area contributed by atoms with Crippen molar-refractivity contribution in [3.05, 3.63) is 77.5 Å². The largest absolute Gasteiger partial charge is 0.480 e. The zero-order valence-corrected chi connectivity index (χ0v) is 19.7. The maximum absolute atomic E-state index is 15.7. The number of aromatic nitrogens is 5. The van der Waals surface area contributed by atoms with Gasteiger partial charge in [0.1, 0.15) is 27.7 Å². The van der Waals surface area contributed by atoms with Crippen molar-refractivity contribution in [2.45, 2.75) is 10.6 Å². The summed E-state index contributed by atoms with van der Waals surface area (Å²) < 4.78 is 76.0. The Kier molecular flexibility index (Phi) is 5.88. The molecule has 3 aromatic heterocycles. The highest BCUT2D eigenvalue weighted by Gasteiger charge is 2.27. The molecule has 0 aliphatic carbocycles. The number of sulfone groups is 1. The van der Waals surface area contributed by atoms with Crippen molar-refractivity contribution in [3.8, 4) is 34.6 Å². The number of methoxy groups -OCH3 is 1. The molecule has 0 spiro atoms. The van der Waals surface area contributed by atoms with Crippen molar-refractivity contribution in [2.24, 2.45) is 0 Å². The molecule has 0 atom stereocenters. The number of nitrogens with one attached hydrogen (secondary N) is 2. The Bertz CT molecular complexity index is 1810. The highest BCUT2D eigenvalue weighted by molar-refractivity contribution is 7.90. The van der Waals surface area contributed by atoms with Gasteiger partial charge in [-0.15, -0.1) is 0 Å². The van der Waals surface area contributed by atoms with E-state index < -0.39 is 43.5 Å². The number of hydrogen-bond acceptors (Lipinski definition) is 7. The molecule has 0 unspecified atom stereocenters. The lowest BCUT2D eigenvalue weighted by atomic mass is 9.98. The number of aromatic amines is 2. The smallest absolute Gasteiger partial charge is 0.232 e. The van der Waals surface area contributed by atoms with Crippen molar-refractivity contribution in [3.63, 3.8) is 0 Å². The first kappa shape index (κ1) is 24.0. The molecule has 5 rings (SSSR count). The van der Waals surface area contributed by atoms with Gasteiger partial charge in [0, 0.05) is 34.5 Å². The number of rotatable bonds is 6. The van der Waals surface area contributed by atoms with Gasteiger partial charge in [0.15, 0.2) is 21.5 Å². The first-order valence-electron chi connectivity index (χ1n) is 10.5. The van der Waals surface area contributed by atoms with Crippen LogP contribution in [-0.4, -0.2) is 40.7 Å². The maximum Gasteiger partial charge on any atom is 0.232 e. The molecule has 0 amide bonds. The molecular weight excluding hydrogens is 509 g/mol. The van der Waals surface area contributed by atoms with E-state index in [0.29, 0.717) is 23.0 Å². The van der Waals surface area contributed by atoms with Crippen LogP contribution in [0.5, 0.6) is 5.88 Å². The van der Waals surface area contributed by atoms with Gasteiger partial charge in [0.2, 0.25) is 5.88 Å². The lowest BCUT2D eigenvalue weighted by Crippen LogP contribution is -2.10. The average molecular weight is 524 g/mol. The molecule has 0 aliphatic heterocycles. The SMILES string of the molecule is COc1ncc(F)cc1S(=O)(=O)Cc1cc(C#N)cc(-c2ccc3c(-c4ncc[nH]4)[nH]nc3c2F)c1F. The number of nitrogens with zero attached hydrogens (tertiary/aromatic N) is 4. The van der Waals surface area contributed by atoms with Crippen molar-refractivity contribution < 1.29 is 26.3 Å². The molecule has 0 saturated carbocycles. The summed E-state index contributed by atoms with van der Waals surface area (Å²) in [6.45, 7) is 0. The molecule has 0 bridgehead atoms. The highest BCUT2D eigenvalue weighted by atomic mass is 32.2. The molecule has 9 nitrogen and oxygen atoms in total. The van der Waals surface area contributed by atoms with Crippen LogP contribution in [0.1, 0.15) is 11.1 Å². The standard InChI is InChI=1S/C24H15F3N6O3S/c1-36-24-18(8-14(25)10-31-24)37(34,35)11-13-6-12(9-28)7-17(19(13)26)15-2-3-16-21(20(15)27)32-33-22(16)23-29-4-5-30-23/h2-8,10H,11H2,1H3,(H,29,30)(H,32,33). The van der Waals surface area contributed by atoms with Gasteiger partial charge >= 0.3 is 0 Å². The van der Waals surface area contributed by atoms with Crippen LogP contribution in [0.3, 0.4) is 0 Å². The zero-order valence-electron chi connectivity index (χ0n) is 18.9. The summed E-state index contributed by atoms with van der Waals surface area (Å²) >= 11 is 0. The van der Waals surface area contributed by atoms with Gasteiger partial charge in [-0.1, -0.05) is 6.07 Å². The van der Waals surface area contributed by atoms with E-state index in [1.54, 1.807) is 6.20 Å². The van der Waals surface area contributed by atoms with Crippen LogP contribution in [0, 0.1) is 28.8 Å². The molecule has 13 heteroatoms. The number of H-pyrrole nitrogens is 2. The summed E-state index contributed by atoms with van der Waals surface area (Å²) in [5.41, 5.74) is -0.780. The van der Waals surface area contributed by atoms with Crippen LogP contribution in [-0.2, 0) is 15.6 Å². The van der Waals surface area contributed by atoms with E-state index in [-0.39, 0.29) is 28.1 Å². The minimum atomic E-state index is -4.39. The molecule has 186 valence electrons. The topological polar surface area (TPSA) is 137 Å². The Balaban J connectivity index is 1.63. The summed E-state index contributed by atoms with van der Waals surface area (Å²) in [6, 6.07) is 7.49. The maximum atomic E-state index is 15.7. The average Bonchev–Trinajstić information content (AvgIpc) is 3.56. The fourth-order valence-electron chi connectivity index (χ4n) is 3.96. The quantitative estimate of drug-likeness (QED) is 0.338. The van der Waals surface area contributed by atoms with Crippen molar-refractivity contribution in [1.82, 2.24) is 25.1 Å². The highest BCUT2D eigenvalue weighted by Crippen LogP contribution is 2.35. The second-order valence-corrected chi connectivity index (χ2v) is 9.85. The molecule has 5 aromatic rings. The third-order valence-corrected chi connectivity index (χ3v) is 7.28. The normalized spacial score (nSPS) is 11.5. The molecule has 3 heterocycles. The van der Waals surface area contributed by atoms with Crippen LogP contribution in [0.2, 0.25) is 0 Å². The van der Waals surface area contributed by atoms with Gasteiger partial charge in [0.05, 0.1) is 30.7 Å². The van der Waals surface area contributed by atoms with Gasteiger partial charge in [-0.3, -0.25) is 5.10 Å². The van der Waals surface area contributed by atoms with Crippen LogP contribution < -0.4 is 4.74 Å². The fourth-order valence-corrected chi connectivity index (χ4v) is 5.42. The Morgan fingerprint density at radius 1 is 1.08 bits per heavy atom. The van der Waals surface area contributed by atoms with Gasteiger partial charge in [-0.05, 0) is 24.3 Å². The van der Waals surface area contributed by atoms with Gasteiger partial charge < -0.3 is 9.72 Å². The Labute approximate surface area is 207 Å². The number of nitriles is 1. The molecule has 2 N–H and O–H groups in total. The summed E-state index contributed by atoms with van der Waals surface area (Å²) in [6.07, 6.45) is 3.87. The number of fused-ring (bicyclic) bond motifs is 1. The predicted molar refractivity (Wildman–Crippen MR) is 125 cm³/mol. The monoisotopic (exact) mass is 524 g/mol. The van der Waals surface area contributed by atoms with Crippen LogP contribution >= 0.6 is 0 Å². The summed E-state index contributed by atoms with van der Waals surface area (Å²) in [5.74, 6) is -3.80. The molecule has 0 radical (unpaired) electrons. The second-order valence-electron chi connectivity index (χ2n) is 7.89. The van der Waals surface area contributed by atoms with Crippen LogP contribution in [0.15, 0.2) is 53.8 Å². The van der Waals surface area contributed by atoms with Crippen LogP contribution in [0.4, 0.5) is 13.2 Å². The van der Waals surface area contributed by atoms with E-state index in [1.165, 1.54) is 18.3 Å². The number of benzene rings is 2. The lowest BCUT2D eigenvalue weighted by molar-refractivity contribution is 0.382. The van der Waals surface area contributed by atoms with E-state index >= 15 is 8.78 Å². The lowest BCUT2D eigenvalue weighted by Gasteiger charge is -2.13. The molecular formula is C24H15F3N6O3S. The fraction of sp³-hybridized carbons (Fsp3) is 0.0833. The molecule has 0 aliphatic rings. The number of hydrogen-bond donors (Lipinski definition) is 2. The van der Waals surface area contributed by atoms with E-state index in [1.807, 2.05) is 6.07 Å². The minimum Gasteiger partial charge on any atom is -0.480 e. The van der Waals surface area contributed by atoms with Crippen molar-refractivity contribution >= 4 is 20.7 Å². The third kappa shape index (κ3) is 4.17. The van der Waals surface area contributed by atoms with Gasteiger partial charge in [-0.25, -0.2) is 31.6 Å². The van der Waals surface area contributed by atoms with Crippen LogP contribution in [0.25, 0.3) is 33.5 Å². The number of pyridine rings is 1. The van der Waals surface area contributed by atoms with E-state index in [9.17, 15) is 18.1 Å². The van der Waals surface area contributed by atoms with E-state index in [2.05, 4.69) is 25.1 Å². The Hall–Kier alpha value is -4.70. The first-order chi connectivity index (χ1) is 17.7. The summed E-state index contributed by atoms with van der Waals surface area (Å²) in [7, 11) is -3.24. The third-order valence-electron chi connectivity index (χ3n) is 5.63. The number of ether oxygens (including phenoxy) is 1. The van der Waals surface area contributed by atoms with Crippen molar-refractivity contribution in [1.29, 1.82) is 5.26 Å². The predicted octanol–water partition coefficient (Wildman–Crippen LogP) is 4.29. The summed E-state index contributed by atoms with van der Waals surface area (Å²) in [5, 5.41) is 16.5. The van der Waals surface area contributed by atoms with Crippen molar-refractivity contribution in [2.75, 3.05) is 7.11 Å². The summed E-state index contributed by atoms with van der Waals surface area (Å²) in [4.78, 5) is 9.99. The van der Waals surface area contributed by atoms with E-state index in [4.69, 9.17) is 4.74 Å². The number of halogens is 3. The second kappa shape index (κ2) is 9.07. The zero-order chi connectivity index (χ0) is 26.3. The van der Waals surface area contributed by atoms with Gasteiger partial charge in [0.25, 0.3) is 0 Å². The first-order valence-corrected chi connectivity index (χ1v) is 12.2. The Morgan fingerprint density at radius 2 is 1.89 bits per heavy atom. The molecule has 0 saturated heterocycles. The molecule has 37 heavy (non-hydrogen) atoms. The molecule has 0 fully saturated rings. The molecule has 2 aromatic carbocycles.